The highest BCUT2D eigenvalue weighted by Crippen LogP contribution is 2.38. The molecule has 1 N–H and O–H groups in total. The lowest BCUT2D eigenvalue weighted by Crippen LogP contribution is -2.27. The highest BCUT2D eigenvalue weighted by Gasteiger charge is 2.22. The maximum absolute atomic E-state index is 12.7. The Kier molecular flexibility index (Phi) is 6.94. The maximum atomic E-state index is 12.7. The zero-order valence-electron chi connectivity index (χ0n) is 17.6. The molecule has 10 heteroatoms. The fraction of sp³-hybridized carbons (Fsp3) is 0.238. The standard InChI is InChI=1S/C21H23N3O5S2/c1-24(2)31(26,27)18-11-6-5-8-14(18)12-22-20(25)16-13-30-21(23-16)15-9-7-10-17(28-3)19(15)29-4/h5-11,13H,12H2,1-4H3,(H,22,25). The van der Waals surface area contributed by atoms with Gasteiger partial charge in [0.15, 0.2) is 11.5 Å². The number of sulfonamides is 1. The molecule has 0 aliphatic rings. The molecule has 0 unspecified atom stereocenters. The number of amides is 1. The van der Waals surface area contributed by atoms with Gasteiger partial charge in [0.05, 0.1) is 24.7 Å². The molecule has 3 aromatic rings. The molecule has 0 saturated carbocycles. The number of nitrogens with one attached hydrogen (secondary N) is 1. The van der Waals surface area contributed by atoms with Crippen molar-refractivity contribution in [1.29, 1.82) is 0 Å². The molecular weight excluding hydrogens is 438 g/mol. The van der Waals surface area contributed by atoms with Gasteiger partial charge < -0.3 is 14.8 Å². The van der Waals surface area contributed by atoms with Crippen LogP contribution in [-0.4, -0.2) is 51.9 Å². The van der Waals surface area contributed by atoms with E-state index in [2.05, 4.69) is 10.3 Å². The minimum absolute atomic E-state index is 0.0530. The summed E-state index contributed by atoms with van der Waals surface area (Å²) < 4.78 is 36.9. The van der Waals surface area contributed by atoms with Crippen molar-refractivity contribution in [2.45, 2.75) is 11.4 Å². The number of rotatable bonds is 8. The molecular formula is C21H23N3O5S2. The molecule has 31 heavy (non-hydrogen) atoms. The number of para-hydroxylation sites is 1. The molecule has 0 aliphatic heterocycles. The van der Waals surface area contributed by atoms with Crippen LogP contribution < -0.4 is 14.8 Å². The average molecular weight is 462 g/mol. The monoisotopic (exact) mass is 461 g/mol. The van der Waals surface area contributed by atoms with Gasteiger partial charge in [0.25, 0.3) is 5.91 Å². The average Bonchev–Trinajstić information content (AvgIpc) is 3.27. The number of nitrogens with zero attached hydrogens (tertiary/aromatic N) is 2. The predicted molar refractivity (Wildman–Crippen MR) is 119 cm³/mol. The van der Waals surface area contributed by atoms with Crippen molar-refractivity contribution in [3.05, 3.63) is 59.1 Å². The van der Waals surface area contributed by atoms with E-state index in [1.165, 1.54) is 31.5 Å². The zero-order chi connectivity index (χ0) is 22.6. The SMILES string of the molecule is COc1cccc(-c2nc(C(=O)NCc3ccccc3S(=O)(=O)N(C)C)cs2)c1OC. The summed E-state index contributed by atoms with van der Waals surface area (Å²) in [6, 6.07) is 12.0. The first-order valence-electron chi connectivity index (χ1n) is 9.25. The Morgan fingerprint density at radius 1 is 1.10 bits per heavy atom. The van der Waals surface area contributed by atoms with Gasteiger partial charge in [-0.3, -0.25) is 4.79 Å². The van der Waals surface area contributed by atoms with Crippen LogP contribution >= 0.6 is 11.3 Å². The van der Waals surface area contributed by atoms with Crippen molar-refractivity contribution in [2.75, 3.05) is 28.3 Å². The van der Waals surface area contributed by atoms with Gasteiger partial charge in [-0.15, -0.1) is 11.3 Å². The van der Waals surface area contributed by atoms with E-state index in [1.807, 2.05) is 12.1 Å². The van der Waals surface area contributed by atoms with E-state index in [-0.39, 0.29) is 17.1 Å². The fourth-order valence-corrected chi connectivity index (χ4v) is 4.86. The van der Waals surface area contributed by atoms with Crippen LogP contribution in [0.15, 0.2) is 52.7 Å². The Hall–Kier alpha value is -2.95. The number of carbonyl (C=O) groups is 1. The number of ether oxygens (including phenoxy) is 2. The fourth-order valence-electron chi connectivity index (χ4n) is 2.92. The number of hydrogen-bond acceptors (Lipinski definition) is 7. The third-order valence-electron chi connectivity index (χ3n) is 4.54. The number of methoxy groups -OCH3 is 2. The molecule has 1 heterocycles. The lowest BCUT2D eigenvalue weighted by molar-refractivity contribution is 0.0946. The van der Waals surface area contributed by atoms with Crippen LogP contribution in [0.5, 0.6) is 11.5 Å². The van der Waals surface area contributed by atoms with Crippen LogP contribution in [0, 0.1) is 0 Å². The molecule has 0 aliphatic carbocycles. The minimum atomic E-state index is -3.62. The highest BCUT2D eigenvalue weighted by molar-refractivity contribution is 7.89. The number of thiazole rings is 1. The Morgan fingerprint density at radius 3 is 2.52 bits per heavy atom. The van der Waals surface area contributed by atoms with Crippen LogP contribution in [0.1, 0.15) is 16.1 Å². The van der Waals surface area contributed by atoms with Crippen LogP contribution in [0.25, 0.3) is 10.6 Å². The molecule has 0 atom stereocenters. The van der Waals surface area contributed by atoms with E-state index < -0.39 is 15.9 Å². The molecule has 1 aromatic heterocycles. The van der Waals surface area contributed by atoms with E-state index in [1.54, 1.807) is 43.9 Å². The largest absolute Gasteiger partial charge is 0.493 e. The van der Waals surface area contributed by atoms with Crippen LogP contribution in [0.4, 0.5) is 0 Å². The Morgan fingerprint density at radius 2 is 1.84 bits per heavy atom. The first-order chi connectivity index (χ1) is 14.8. The van der Waals surface area contributed by atoms with Gasteiger partial charge in [-0.2, -0.15) is 0 Å². The quantitative estimate of drug-likeness (QED) is 0.554. The van der Waals surface area contributed by atoms with E-state index in [0.717, 1.165) is 4.31 Å². The van der Waals surface area contributed by atoms with Gasteiger partial charge in [-0.25, -0.2) is 17.7 Å². The summed E-state index contributed by atoms with van der Waals surface area (Å²) in [7, 11) is 2.41. The van der Waals surface area contributed by atoms with Gasteiger partial charge in [0.1, 0.15) is 10.7 Å². The third kappa shape index (κ3) is 4.71. The maximum Gasteiger partial charge on any atom is 0.271 e. The van der Waals surface area contributed by atoms with Crippen LogP contribution in [0.3, 0.4) is 0 Å². The van der Waals surface area contributed by atoms with Gasteiger partial charge in [-0.05, 0) is 23.8 Å². The van der Waals surface area contributed by atoms with Crippen LogP contribution in [-0.2, 0) is 16.6 Å². The van der Waals surface area contributed by atoms with E-state index in [4.69, 9.17) is 9.47 Å². The first-order valence-corrected chi connectivity index (χ1v) is 11.6. The summed E-state index contributed by atoms with van der Waals surface area (Å²) >= 11 is 1.30. The second-order valence-corrected chi connectivity index (χ2v) is 9.64. The number of benzene rings is 2. The molecule has 0 fully saturated rings. The molecule has 2 aromatic carbocycles. The molecule has 164 valence electrons. The predicted octanol–water partition coefficient (Wildman–Crippen LogP) is 3.01. The smallest absolute Gasteiger partial charge is 0.271 e. The summed E-state index contributed by atoms with van der Waals surface area (Å²) in [6.07, 6.45) is 0. The zero-order valence-corrected chi connectivity index (χ0v) is 19.2. The number of carbonyl (C=O) groups excluding carboxylic acids is 1. The first kappa shape index (κ1) is 22.7. The van der Waals surface area contributed by atoms with Gasteiger partial charge >= 0.3 is 0 Å². The summed E-state index contributed by atoms with van der Waals surface area (Å²) in [6.45, 7) is 0.0530. The highest BCUT2D eigenvalue weighted by atomic mass is 32.2. The second kappa shape index (κ2) is 9.46. The second-order valence-electron chi connectivity index (χ2n) is 6.66. The molecule has 0 spiro atoms. The van der Waals surface area contributed by atoms with Gasteiger partial charge in [-0.1, -0.05) is 24.3 Å². The topological polar surface area (TPSA) is 97.8 Å². The Labute approximate surface area is 185 Å². The molecule has 0 radical (unpaired) electrons. The van der Waals surface area contributed by atoms with Crippen molar-refractivity contribution >= 4 is 27.3 Å². The summed E-state index contributed by atoms with van der Waals surface area (Å²) in [4.78, 5) is 17.2. The molecule has 0 saturated heterocycles. The molecule has 0 bridgehead atoms. The van der Waals surface area contributed by atoms with E-state index >= 15 is 0 Å². The van der Waals surface area contributed by atoms with Crippen molar-refractivity contribution in [3.8, 4) is 22.1 Å². The van der Waals surface area contributed by atoms with Crippen molar-refractivity contribution in [1.82, 2.24) is 14.6 Å². The van der Waals surface area contributed by atoms with E-state index in [0.29, 0.717) is 27.6 Å². The van der Waals surface area contributed by atoms with Crippen LogP contribution in [0.2, 0.25) is 0 Å². The summed E-state index contributed by atoms with van der Waals surface area (Å²) in [5, 5.41) is 5.00. The number of hydrogen-bond donors (Lipinski definition) is 1. The molecule has 3 rings (SSSR count). The molecule has 1 amide bonds. The van der Waals surface area contributed by atoms with Gasteiger partial charge in [0.2, 0.25) is 10.0 Å². The van der Waals surface area contributed by atoms with Crippen molar-refractivity contribution in [3.63, 3.8) is 0 Å². The lowest BCUT2D eigenvalue weighted by Gasteiger charge is -2.15. The minimum Gasteiger partial charge on any atom is -0.493 e. The van der Waals surface area contributed by atoms with Gasteiger partial charge in [0, 0.05) is 26.0 Å². The Bertz CT molecular complexity index is 1190. The summed E-state index contributed by atoms with van der Waals surface area (Å²) in [5.41, 5.74) is 1.45. The third-order valence-corrected chi connectivity index (χ3v) is 7.33. The Balaban J connectivity index is 1.80. The summed E-state index contributed by atoms with van der Waals surface area (Å²) in [5.74, 6) is 0.704. The number of aromatic nitrogens is 1. The molecule has 8 nitrogen and oxygen atoms in total. The normalized spacial score (nSPS) is 11.4. The van der Waals surface area contributed by atoms with Crippen molar-refractivity contribution in [2.24, 2.45) is 0 Å². The lowest BCUT2D eigenvalue weighted by atomic mass is 10.2. The van der Waals surface area contributed by atoms with Crippen molar-refractivity contribution < 1.29 is 22.7 Å². The van der Waals surface area contributed by atoms with E-state index in [9.17, 15) is 13.2 Å².